The summed E-state index contributed by atoms with van der Waals surface area (Å²) in [7, 11) is -4.34. The molecule has 0 aliphatic rings. The van der Waals surface area contributed by atoms with Crippen molar-refractivity contribution in [2.24, 2.45) is 0 Å². The monoisotopic (exact) mass is 228 g/mol. The Morgan fingerprint density at radius 1 is 1.47 bits per heavy atom. The van der Waals surface area contributed by atoms with E-state index >= 15 is 0 Å². The van der Waals surface area contributed by atoms with Gasteiger partial charge in [0.2, 0.25) is 5.91 Å². The Bertz CT molecular complexity index is 440. The van der Waals surface area contributed by atoms with E-state index in [9.17, 15) is 13.2 Å². The summed E-state index contributed by atoms with van der Waals surface area (Å²) >= 11 is 0. The highest BCUT2D eigenvalue weighted by Gasteiger charge is 2.25. The predicted octanol–water partition coefficient (Wildman–Crippen LogP) is 0.702. The number of amides is 1. The van der Waals surface area contributed by atoms with Gasteiger partial charge in [0.05, 0.1) is 0 Å². The van der Waals surface area contributed by atoms with Gasteiger partial charge in [-0.05, 0) is 25.1 Å². The topological polar surface area (TPSA) is 83.5 Å². The number of hydrogen-bond donors (Lipinski definition) is 2. The van der Waals surface area contributed by atoms with E-state index < -0.39 is 21.3 Å². The second-order valence-corrected chi connectivity index (χ2v) is 4.67. The summed E-state index contributed by atoms with van der Waals surface area (Å²) in [4.78, 5) is 11.3. The molecule has 0 aliphatic carbocycles. The lowest BCUT2D eigenvalue weighted by Crippen LogP contribution is -2.32. The normalized spacial score (nSPS) is 13.2. The lowest BCUT2D eigenvalue weighted by Gasteiger charge is -2.08. The molecule has 0 aromatic heterocycles. The molecular formula is C9H10NO4S. The van der Waals surface area contributed by atoms with Crippen molar-refractivity contribution in [1.82, 2.24) is 0 Å². The van der Waals surface area contributed by atoms with Crippen LogP contribution in [0, 0.1) is 6.07 Å². The van der Waals surface area contributed by atoms with Crippen LogP contribution in [0.4, 0.5) is 5.69 Å². The van der Waals surface area contributed by atoms with E-state index in [1.54, 1.807) is 24.3 Å². The van der Waals surface area contributed by atoms with Crippen LogP contribution in [-0.4, -0.2) is 24.1 Å². The summed E-state index contributed by atoms with van der Waals surface area (Å²) in [5.74, 6) is -0.774. The van der Waals surface area contributed by atoms with Gasteiger partial charge < -0.3 is 5.32 Å². The molecule has 81 valence electrons. The third-order valence-corrected chi connectivity index (χ3v) is 2.91. The van der Waals surface area contributed by atoms with E-state index in [1.165, 1.54) is 0 Å². The number of benzene rings is 1. The Morgan fingerprint density at radius 3 is 2.47 bits per heavy atom. The predicted molar refractivity (Wildman–Crippen MR) is 54.9 cm³/mol. The summed E-state index contributed by atoms with van der Waals surface area (Å²) in [5.41, 5.74) is 0.453. The van der Waals surface area contributed by atoms with Gasteiger partial charge in [-0.2, -0.15) is 8.42 Å². The molecule has 0 spiro atoms. The van der Waals surface area contributed by atoms with Crippen LogP contribution in [0.5, 0.6) is 0 Å². The van der Waals surface area contributed by atoms with Crippen molar-refractivity contribution in [3.05, 3.63) is 30.3 Å². The number of anilines is 1. The molecule has 1 atom stereocenters. The Labute approximate surface area is 87.9 Å². The minimum absolute atomic E-state index is 0.453. The van der Waals surface area contributed by atoms with Gasteiger partial charge in [0.25, 0.3) is 10.1 Å². The molecule has 0 saturated heterocycles. The zero-order valence-electron chi connectivity index (χ0n) is 7.97. The van der Waals surface area contributed by atoms with Crippen molar-refractivity contribution in [2.75, 3.05) is 5.32 Å². The van der Waals surface area contributed by atoms with Crippen LogP contribution in [0.15, 0.2) is 24.3 Å². The zero-order chi connectivity index (χ0) is 11.5. The van der Waals surface area contributed by atoms with Gasteiger partial charge in [0.15, 0.2) is 5.25 Å². The number of carbonyl (C=O) groups excluding carboxylic acids is 1. The van der Waals surface area contributed by atoms with Crippen molar-refractivity contribution < 1.29 is 17.8 Å². The second kappa shape index (κ2) is 4.41. The minimum atomic E-state index is -4.34. The molecule has 1 rings (SSSR count). The van der Waals surface area contributed by atoms with Gasteiger partial charge in [-0.3, -0.25) is 9.35 Å². The van der Waals surface area contributed by atoms with Gasteiger partial charge >= 0.3 is 0 Å². The lowest BCUT2D eigenvalue weighted by atomic mass is 10.3. The largest absolute Gasteiger partial charge is 0.325 e. The highest BCUT2D eigenvalue weighted by Crippen LogP contribution is 2.07. The Kier molecular flexibility index (Phi) is 3.43. The highest BCUT2D eigenvalue weighted by atomic mass is 32.2. The van der Waals surface area contributed by atoms with Gasteiger partial charge in [0, 0.05) is 5.69 Å². The van der Waals surface area contributed by atoms with E-state index in [1.807, 2.05) is 0 Å². The fourth-order valence-electron chi connectivity index (χ4n) is 0.849. The van der Waals surface area contributed by atoms with Crippen LogP contribution in [-0.2, 0) is 14.9 Å². The molecule has 1 aromatic carbocycles. The SMILES string of the molecule is CC(C(=O)Nc1cc[c]cc1)S(=O)(=O)O. The summed E-state index contributed by atoms with van der Waals surface area (Å²) in [6.07, 6.45) is 0. The molecule has 0 bridgehead atoms. The third-order valence-electron chi connectivity index (χ3n) is 1.80. The number of rotatable bonds is 3. The molecule has 6 heteroatoms. The van der Waals surface area contributed by atoms with Crippen LogP contribution in [0.1, 0.15) is 6.92 Å². The molecule has 2 N–H and O–H groups in total. The fraction of sp³-hybridized carbons (Fsp3) is 0.222. The summed E-state index contributed by atoms with van der Waals surface area (Å²) in [6.45, 7) is 1.11. The van der Waals surface area contributed by atoms with Crippen molar-refractivity contribution in [3.63, 3.8) is 0 Å². The number of hydrogen-bond acceptors (Lipinski definition) is 3. The molecule has 5 nitrogen and oxygen atoms in total. The number of carbonyl (C=O) groups is 1. The molecule has 0 heterocycles. The zero-order valence-corrected chi connectivity index (χ0v) is 8.78. The standard InChI is InChI=1S/C9H10NO4S/c1-7(15(12,13)14)9(11)10-8-5-3-2-4-6-8/h3-7H,1H3,(H,10,11)(H,12,13,14). The molecule has 1 amide bonds. The van der Waals surface area contributed by atoms with Gasteiger partial charge in [-0.1, -0.05) is 12.1 Å². The Morgan fingerprint density at radius 2 is 2.00 bits per heavy atom. The van der Waals surface area contributed by atoms with Crippen molar-refractivity contribution >= 4 is 21.7 Å². The van der Waals surface area contributed by atoms with E-state index in [0.29, 0.717) is 5.69 Å². The summed E-state index contributed by atoms with van der Waals surface area (Å²) < 4.78 is 29.9. The molecule has 0 fully saturated rings. The van der Waals surface area contributed by atoms with Crippen molar-refractivity contribution in [3.8, 4) is 0 Å². The van der Waals surface area contributed by atoms with Gasteiger partial charge in [-0.15, -0.1) is 0 Å². The third kappa shape index (κ3) is 3.34. The van der Waals surface area contributed by atoms with Crippen LogP contribution < -0.4 is 5.32 Å². The maximum atomic E-state index is 11.3. The fourth-order valence-corrected chi connectivity index (χ4v) is 1.18. The van der Waals surface area contributed by atoms with Gasteiger partial charge in [-0.25, -0.2) is 0 Å². The van der Waals surface area contributed by atoms with E-state index in [-0.39, 0.29) is 0 Å². The maximum Gasteiger partial charge on any atom is 0.276 e. The first-order valence-electron chi connectivity index (χ1n) is 4.14. The first-order valence-corrected chi connectivity index (χ1v) is 5.65. The molecule has 1 radical (unpaired) electrons. The van der Waals surface area contributed by atoms with Crippen LogP contribution in [0.3, 0.4) is 0 Å². The molecule has 1 unspecified atom stereocenters. The molecule has 0 aliphatic heterocycles. The first kappa shape index (κ1) is 11.7. The van der Waals surface area contributed by atoms with Crippen molar-refractivity contribution in [2.45, 2.75) is 12.2 Å². The summed E-state index contributed by atoms with van der Waals surface area (Å²) in [6, 6.07) is 9.03. The first-order chi connectivity index (χ1) is 6.91. The average Bonchev–Trinajstić information content (AvgIpc) is 2.16. The van der Waals surface area contributed by atoms with E-state index in [0.717, 1.165) is 6.92 Å². The van der Waals surface area contributed by atoms with Gasteiger partial charge in [0.1, 0.15) is 0 Å². The van der Waals surface area contributed by atoms with E-state index in [2.05, 4.69) is 11.4 Å². The van der Waals surface area contributed by atoms with E-state index in [4.69, 9.17) is 4.55 Å². The quantitative estimate of drug-likeness (QED) is 0.746. The van der Waals surface area contributed by atoms with Crippen molar-refractivity contribution in [1.29, 1.82) is 0 Å². The second-order valence-electron chi connectivity index (χ2n) is 2.94. The summed E-state index contributed by atoms with van der Waals surface area (Å²) in [5, 5.41) is 0.866. The molecular weight excluding hydrogens is 218 g/mol. The highest BCUT2D eigenvalue weighted by molar-refractivity contribution is 7.87. The molecule has 15 heavy (non-hydrogen) atoms. The smallest absolute Gasteiger partial charge is 0.276 e. The minimum Gasteiger partial charge on any atom is -0.325 e. The van der Waals surface area contributed by atoms with Crippen LogP contribution in [0.2, 0.25) is 0 Å². The van der Waals surface area contributed by atoms with Crippen LogP contribution >= 0.6 is 0 Å². The Balaban J connectivity index is 2.73. The average molecular weight is 228 g/mol. The molecule has 0 saturated carbocycles. The Hall–Kier alpha value is -1.40. The van der Waals surface area contributed by atoms with Crippen LogP contribution in [0.25, 0.3) is 0 Å². The number of nitrogens with one attached hydrogen (secondary N) is 1. The molecule has 1 aromatic rings. The lowest BCUT2D eigenvalue weighted by molar-refractivity contribution is -0.115. The maximum absolute atomic E-state index is 11.3.